The molecule has 1 radical (unpaired) electrons. The van der Waals surface area contributed by atoms with Gasteiger partial charge in [-0.2, -0.15) is 0 Å². The second kappa shape index (κ2) is 8.00. The van der Waals surface area contributed by atoms with Crippen LogP contribution in [0.4, 0.5) is 4.79 Å². The lowest BCUT2D eigenvalue weighted by atomic mass is 10.1. The summed E-state index contributed by atoms with van der Waals surface area (Å²) in [6, 6.07) is 19.7. The molecule has 1 amide bonds. The molecule has 0 aliphatic rings. The normalized spacial score (nSPS) is 10.0. The third kappa shape index (κ3) is 5.14. The van der Waals surface area contributed by atoms with Gasteiger partial charge in [-0.3, -0.25) is 0 Å². The molecule has 2 aromatic rings. The van der Waals surface area contributed by atoms with Crippen molar-refractivity contribution in [1.29, 1.82) is 0 Å². The highest BCUT2D eigenvalue weighted by molar-refractivity contribution is 5.67. The van der Waals surface area contributed by atoms with Crippen LogP contribution in [0, 0.1) is 6.42 Å². The third-order valence-corrected chi connectivity index (χ3v) is 2.81. The maximum Gasteiger partial charge on any atom is 0.407 e. The average molecular weight is 268 g/mol. The van der Waals surface area contributed by atoms with E-state index in [1.807, 2.05) is 60.7 Å². The van der Waals surface area contributed by atoms with Crippen molar-refractivity contribution < 1.29 is 9.53 Å². The molecule has 0 aliphatic heterocycles. The summed E-state index contributed by atoms with van der Waals surface area (Å²) < 4.78 is 5.12. The van der Waals surface area contributed by atoms with Crippen LogP contribution in [-0.4, -0.2) is 12.6 Å². The maximum absolute atomic E-state index is 11.5. The van der Waals surface area contributed by atoms with Crippen LogP contribution in [0.2, 0.25) is 0 Å². The fraction of sp³-hybridized carbons (Fsp3) is 0.176. The first kappa shape index (κ1) is 14.1. The number of amides is 1. The van der Waals surface area contributed by atoms with Crippen LogP contribution < -0.4 is 5.32 Å². The minimum Gasteiger partial charge on any atom is -0.445 e. The van der Waals surface area contributed by atoms with Crippen LogP contribution in [0.1, 0.15) is 17.5 Å². The van der Waals surface area contributed by atoms with E-state index in [2.05, 4.69) is 11.7 Å². The minimum atomic E-state index is -0.379. The molecule has 2 aromatic carbocycles. The molecule has 0 fully saturated rings. The highest BCUT2D eigenvalue weighted by Crippen LogP contribution is 2.04. The Kier molecular flexibility index (Phi) is 5.65. The zero-order chi connectivity index (χ0) is 14.0. The Bertz CT molecular complexity index is 511. The van der Waals surface area contributed by atoms with Gasteiger partial charge in [-0.1, -0.05) is 60.7 Å². The van der Waals surface area contributed by atoms with E-state index < -0.39 is 0 Å². The Morgan fingerprint density at radius 1 is 1.00 bits per heavy atom. The molecule has 0 bridgehead atoms. The van der Waals surface area contributed by atoms with Crippen LogP contribution >= 0.6 is 0 Å². The number of rotatable bonds is 6. The average Bonchev–Trinajstić information content (AvgIpc) is 2.52. The Hall–Kier alpha value is -2.29. The summed E-state index contributed by atoms with van der Waals surface area (Å²) in [5.41, 5.74) is 2.14. The summed E-state index contributed by atoms with van der Waals surface area (Å²) >= 11 is 0. The van der Waals surface area contributed by atoms with E-state index in [4.69, 9.17) is 4.74 Å². The lowest BCUT2D eigenvalue weighted by Crippen LogP contribution is -2.25. The summed E-state index contributed by atoms with van der Waals surface area (Å²) in [5.74, 6) is 0. The molecule has 20 heavy (non-hydrogen) atoms. The van der Waals surface area contributed by atoms with Gasteiger partial charge in [0.15, 0.2) is 0 Å². The van der Waals surface area contributed by atoms with Crippen LogP contribution in [0.5, 0.6) is 0 Å². The van der Waals surface area contributed by atoms with Gasteiger partial charge in [-0.05, 0) is 24.0 Å². The molecule has 0 aliphatic carbocycles. The largest absolute Gasteiger partial charge is 0.445 e. The fourth-order valence-corrected chi connectivity index (χ4v) is 1.78. The number of nitrogens with one attached hydrogen (secondary N) is 1. The van der Waals surface area contributed by atoms with Gasteiger partial charge in [0.25, 0.3) is 0 Å². The molecule has 0 saturated heterocycles. The topological polar surface area (TPSA) is 38.3 Å². The van der Waals surface area contributed by atoms with Gasteiger partial charge in [-0.15, -0.1) is 0 Å². The van der Waals surface area contributed by atoms with Crippen LogP contribution in [0.25, 0.3) is 0 Å². The third-order valence-electron chi connectivity index (χ3n) is 2.81. The van der Waals surface area contributed by atoms with Crippen molar-refractivity contribution in [2.75, 3.05) is 6.54 Å². The Morgan fingerprint density at radius 3 is 2.35 bits per heavy atom. The number of carbonyl (C=O) groups is 1. The highest BCUT2D eigenvalue weighted by Gasteiger charge is 2.01. The standard InChI is InChI=1S/C17H18NO2/c19-17(20-14-16-10-5-2-6-11-16)18-13-7-12-15-8-3-1-4-9-15/h1-6,8-12H,7,13-14H2,(H,18,19). The van der Waals surface area contributed by atoms with Gasteiger partial charge >= 0.3 is 6.09 Å². The van der Waals surface area contributed by atoms with Gasteiger partial charge in [0.2, 0.25) is 0 Å². The van der Waals surface area contributed by atoms with Gasteiger partial charge in [-0.25, -0.2) is 4.79 Å². The highest BCUT2D eigenvalue weighted by atomic mass is 16.5. The molecule has 3 nitrogen and oxygen atoms in total. The first-order valence-corrected chi connectivity index (χ1v) is 6.67. The van der Waals surface area contributed by atoms with E-state index in [0.717, 1.165) is 17.5 Å². The van der Waals surface area contributed by atoms with E-state index >= 15 is 0 Å². The van der Waals surface area contributed by atoms with Crippen molar-refractivity contribution in [3.8, 4) is 0 Å². The van der Waals surface area contributed by atoms with Gasteiger partial charge in [0.05, 0.1) is 0 Å². The zero-order valence-electron chi connectivity index (χ0n) is 11.3. The van der Waals surface area contributed by atoms with E-state index in [1.165, 1.54) is 0 Å². The summed E-state index contributed by atoms with van der Waals surface area (Å²) in [6.07, 6.45) is 2.48. The summed E-state index contributed by atoms with van der Waals surface area (Å²) in [5, 5.41) is 2.73. The monoisotopic (exact) mass is 268 g/mol. The molecule has 1 N–H and O–H groups in total. The molecule has 0 heterocycles. The number of ether oxygens (including phenoxy) is 1. The quantitative estimate of drug-likeness (QED) is 0.814. The lowest BCUT2D eigenvalue weighted by molar-refractivity contribution is 0.140. The predicted octanol–water partition coefficient (Wildman–Crippen LogP) is 3.56. The molecular weight excluding hydrogens is 250 g/mol. The number of carbonyl (C=O) groups excluding carboxylic acids is 1. The molecule has 0 unspecified atom stereocenters. The predicted molar refractivity (Wildman–Crippen MR) is 79.1 cm³/mol. The number of hydrogen-bond donors (Lipinski definition) is 1. The number of benzene rings is 2. The van der Waals surface area contributed by atoms with Crippen molar-refractivity contribution in [3.63, 3.8) is 0 Å². The van der Waals surface area contributed by atoms with E-state index in [9.17, 15) is 4.79 Å². The smallest absolute Gasteiger partial charge is 0.407 e. The fourth-order valence-electron chi connectivity index (χ4n) is 1.78. The van der Waals surface area contributed by atoms with Crippen molar-refractivity contribution in [2.24, 2.45) is 0 Å². The van der Waals surface area contributed by atoms with Crippen molar-refractivity contribution in [3.05, 3.63) is 78.2 Å². The molecule has 0 spiro atoms. The Morgan fingerprint density at radius 2 is 1.65 bits per heavy atom. The van der Waals surface area contributed by atoms with Gasteiger partial charge in [0, 0.05) is 6.54 Å². The van der Waals surface area contributed by atoms with Crippen molar-refractivity contribution >= 4 is 6.09 Å². The molecule has 2 rings (SSSR count). The molecule has 0 saturated carbocycles. The van der Waals surface area contributed by atoms with Crippen LogP contribution in [0.15, 0.2) is 60.7 Å². The molecular formula is C17H18NO2. The summed E-state index contributed by atoms with van der Waals surface area (Å²) in [7, 11) is 0. The number of alkyl carbamates (subject to hydrolysis) is 1. The van der Waals surface area contributed by atoms with E-state index in [0.29, 0.717) is 13.2 Å². The van der Waals surface area contributed by atoms with Crippen molar-refractivity contribution in [2.45, 2.75) is 13.0 Å². The van der Waals surface area contributed by atoms with Crippen LogP contribution in [0.3, 0.4) is 0 Å². The molecule has 103 valence electrons. The number of hydrogen-bond acceptors (Lipinski definition) is 2. The molecule has 3 heteroatoms. The maximum atomic E-state index is 11.5. The Balaban J connectivity index is 1.59. The summed E-state index contributed by atoms with van der Waals surface area (Å²) in [6.45, 7) is 0.873. The second-order valence-corrected chi connectivity index (χ2v) is 4.39. The minimum absolute atomic E-state index is 0.301. The zero-order valence-corrected chi connectivity index (χ0v) is 11.3. The first-order valence-electron chi connectivity index (χ1n) is 6.67. The molecule has 0 atom stereocenters. The van der Waals surface area contributed by atoms with E-state index in [1.54, 1.807) is 0 Å². The Labute approximate surface area is 119 Å². The van der Waals surface area contributed by atoms with Crippen molar-refractivity contribution in [1.82, 2.24) is 5.32 Å². The van der Waals surface area contributed by atoms with E-state index in [-0.39, 0.29) is 6.09 Å². The first-order chi connectivity index (χ1) is 9.84. The molecule has 0 aromatic heterocycles. The second-order valence-electron chi connectivity index (χ2n) is 4.39. The summed E-state index contributed by atoms with van der Waals surface area (Å²) in [4.78, 5) is 11.5. The SMILES string of the molecule is O=C(NCC[CH]c1ccccc1)OCc1ccccc1. The van der Waals surface area contributed by atoms with Gasteiger partial charge < -0.3 is 10.1 Å². The van der Waals surface area contributed by atoms with Gasteiger partial charge in [0.1, 0.15) is 6.61 Å². The lowest BCUT2D eigenvalue weighted by Gasteiger charge is -2.07. The van der Waals surface area contributed by atoms with Crippen LogP contribution in [-0.2, 0) is 11.3 Å².